The predicted molar refractivity (Wildman–Crippen MR) is 129 cm³/mol. The first-order valence-corrected chi connectivity index (χ1v) is 10.5. The molecule has 0 radical (unpaired) electrons. The summed E-state index contributed by atoms with van der Waals surface area (Å²) in [5.74, 6) is 0. The average Bonchev–Trinajstić information content (AvgIpc) is 2.76. The maximum absolute atomic E-state index is 4.08. The van der Waals surface area contributed by atoms with E-state index in [0.29, 0.717) is 0 Å². The number of hydrogen-bond acceptors (Lipinski definition) is 0. The van der Waals surface area contributed by atoms with Crippen molar-refractivity contribution < 1.29 is 0 Å². The monoisotopic (exact) mass is 364 g/mol. The topological polar surface area (TPSA) is 0 Å². The molecule has 0 aliphatic heterocycles. The highest BCUT2D eigenvalue weighted by Crippen LogP contribution is 2.19. The van der Waals surface area contributed by atoms with Crippen molar-refractivity contribution in [2.75, 3.05) is 0 Å². The van der Waals surface area contributed by atoms with Crippen molar-refractivity contribution in [3.8, 4) is 0 Å². The van der Waals surface area contributed by atoms with Gasteiger partial charge in [-0.3, -0.25) is 0 Å². The Kier molecular flexibility index (Phi) is 17.0. The molecule has 0 saturated heterocycles. The zero-order valence-electron chi connectivity index (χ0n) is 19.1. The molecule has 148 valence electrons. The van der Waals surface area contributed by atoms with E-state index in [4.69, 9.17) is 0 Å². The van der Waals surface area contributed by atoms with Gasteiger partial charge in [0.2, 0.25) is 0 Å². The molecule has 3 aromatic rings. The van der Waals surface area contributed by atoms with Gasteiger partial charge in [0.25, 0.3) is 0 Å². The molecule has 0 heteroatoms. The summed E-state index contributed by atoms with van der Waals surface area (Å²) in [5.41, 5.74) is 2.55. The molecule has 27 heavy (non-hydrogen) atoms. The van der Waals surface area contributed by atoms with E-state index in [9.17, 15) is 0 Å². The predicted octanol–water partition coefficient (Wildman–Crippen LogP) is 7.49. The summed E-state index contributed by atoms with van der Waals surface area (Å²) in [6, 6.07) is 21.2. The van der Waals surface area contributed by atoms with Crippen LogP contribution in [0, 0.1) is 6.92 Å². The summed E-state index contributed by atoms with van der Waals surface area (Å²) in [7, 11) is 0. The fraction of sp³-hybridized carbons (Fsp3) is 0.333. The molecule has 0 atom stereocenters. The molecule has 0 bridgehead atoms. The van der Waals surface area contributed by atoms with Gasteiger partial charge in [0.15, 0.2) is 0 Å². The molecule has 0 aliphatic carbocycles. The first-order valence-electron chi connectivity index (χ1n) is 10.5. The van der Waals surface area contributed by atoms with Gasteiger partial charge in [0.05, 0.1) is 0 Å². The summed E-state index contributed by atoms with van der Waals surface area (Å²) in [4.78, 5) is 0. The molecular formula is C27H40. The van der Waals surface area contributed by atoms with E-state index in [0.717, 1.165) is 5.22 Å². The van der Waals surface area contributed by atoms with Gasteiger partial charge < -0.3 is 0 Å². The lowest BCUT2D eigenvalue weighted by molar-refractivity contribution is 1.45. The van der Waals surface area contributed by atoms with Crippen LogP contribution in [0.5, 0.6) is 0 Å². The molecule has 3 rings (SSSR count). The zero-order valence-corrected chi connectivity index (χ0v) is 19.1. The third-order valence-corrected chi connectivity index (χ3v) is 3.50. The Bertz CT molecular complexity index is 841. The zero-order chi connectivity index (χ0) is 21.2. The van der Waals surface area contributed by atoms with E-state index >= 15 is 0 Å². The Morgan fingerprint density at radius 1 is 0.630 bits per heavy atom. The van der Waals surface area contributed by atoms with Crippen LogP contribution in [-0.4, -0.2) is 0 Å². The largest absolute Gasteiger partial charge is 0.0912 e. The lowest BCUT2D eigenvalue weighted by atomic mass is 10.0. The molecule has 3 aromatic carbocycles. The van der Waals surface area contributed by atoms with E-state index in [1.807, 2.05) is 67.5 Å². The molecule has 0 saturated carbocycles. The number of hydrogen-bond donors (Lipinski definition) is 0. The number of fused-ring (bicyclic) bond motifs is 1. The van der Waals surface area contributed by atoms with E-state index in [-0.39, 0.29) is 0 Å². The van der Waals surface area contributed by atoms with Gasteiger partial charge >= 0.3 is 0 Å². The molecule has 0 amide bonds. The third kappa shape index (κ3) is 8.73. The van der Waals surface area contributed by atoms with Crippen molar-refractivity contribution in [2.45, 2.75) is 62.3 Å². The Morgan fingerprint density at radius 2 is 1.07 bits per heavy atom. The van der Waals surface area contributed by atoms with Crippen molar-refractivity contribution in [3.05, 3.63) is 82.2 Å². The molecule has 0 aliphatic rings. The highest BCUT2D eigenvalue weighted by Gasteiger charge is 1.98. The number of aryl methyl sites for hydroxylation is 1. The van der Waals surface area contributed by atoms with Crippen LogP contribution in [-0.2, 0) is 0 Å². The molecular weight excluding hydrogens is 324 g/mol. The van der Waals surface area contributed by atoms with Gasteiger partial charge in [-0.05, 0) is 51.4 Å². The summed E-state index contributed by atoms with van der Waals surface area (Å²) in [6.45, 7) is 22.2. The highest BCUT2D eigenvalue weighted by molar-refractivity contribution is 5.85. The number of rotatable bonds is 1. The fourth-order valence-corrected chi connectivity index (χ4v) is 2.37. The lowest BCUT2D eigenvalue weighted by Gasteiger charge is -2.04. The van der Waals surface area contributed by atoms with Crippen LogP contribution >= 0.6 is 0 Å². The van der Waals surface area contributed by atoms with Crippen molar-refractivity contribution in [2.24, 2.45) is 0 Å². The van der Waals surface area contributed by atoms with Gasteiger partial charge in [-0.25, -0.2) is 0 Å². The molecule has 0 fully saturated rings. The first kappa shape index (κ1) is 26.9. The van der Waals surface area contributed by atoms with E-state index in [2.05, 4.69) is 68.1 Å². The summed E-state index contributed by atoms with van der Waals surface area (Å²) in [6.07, 6.45) is 2.21. The van der Waals surface area contributed by atoms with Crippen LogP contribution in [0.1, 0.15) is 66.5 Å². The third-order valence-electron chi connectivity index (χ3n) is 3.50. The maximum atomic E-state index is 4.08. The SMILES string of the molecule is C=c1cccc/c1=C/c1cc2ccccc2cc1C.CC.CC.CC.CC. The van der Waals surface area contributed by atoms with Gasteiger partial charge in [0, 0.05) is 0 Å². The van der Waals surface area contributed by atoms with Crippen LogP contribution in [0.3, 0.4) is 0 Å². The Balaban J connectivity index is 0. The Hall–Kier alpha value is -2.34. The van der Waals surface area contributed by atoms with E-state index < -0.39 is 0 Å². The standard InChI is InChI=1S/C19H16.4C2H6/c1-14-7-3-4-8-16(14)12-19-13-18-10-6-5-9-17(18)11-15(19)2;4*1-2/h3-13H,1H2,2H3;4*1-2H3/b16-12-;;;;. The molecule has 0 nitrogen and oxygen atoms in total. The second-order valence-electron chi connectivity index (χ2n) is 4.90. The Labute approximate surface area is 168 Å². The summed E-state index contributed by atoms with van der Waals surface area (Å²) in [5, 5.41) is 4.82. The minimum absolute atomic E-state index is 1.06. The summed E-state index contributed by atoms with van der Waals surface area (Å²) >= 11 is 0. The first-order chi connectivity index (χ1) is 13.2. The molecule has 0 heterocycles. The lowest BCUT2D eigenvalue weighted by Crippen LogP contribution is -2.21. The smallest absolute Gasteiger partial charge is 0.0178 e. The van der Waals surface area contributed by atoms with Crippen LogP contribution < -0.4 is 10.4 Å². The van der Waals surface area contributed by atoms with Crippen molar-refractivity contribution in [1.82, 2.24) is 0 Å². The minimum Gasteiger partial charge on any atom is -0.0912 e. The van der Waals surface area contributed by atoms with Crippen LogP contribution in [0.4, 0.5) is 0 Å². The van der Waals surface area contributed by atoms with Crippen LogP contribution in [0.25, 0.3) is 23.4 Å². The van der Waals surface area contributed by atoms with Crippen LogP contribution in [0.2, 0.25) is 0 Å². The van der Waals surface area contributed by atoms with Gasteiger partial charge in [-0.15, -0.1) is 0 Å². The van der Waals surface area contributed by atoms with Crippen LogP contribution in [0.15, 0.2) is 60.7 Å². The highest BCUT2D eigenvalue weighted by atomic mass is 14.0. The van der Waals surface area contributed by atoms with Gasteiger partial charge in [0.1, 0.15) is 0 Å². The van der Waals surface area contributed by atoms with Gasteiger partial charge in [-0.2, -0.15) is 0 Å². The second-order valence-corrected chi connectivity index (χ2v) is 4.90. The van der Waals surface area contributed by atoms with Gasteiger partial charge in [-0.1, -0.05) is 117 Å². The fourth-order valence-electron chi connectivity index (χ4n) is 2.37. The minimum atomic E-state index is 1.06. The average molecular weight is 365 g/mol. The van der Waals surface area contributed by atoms with E-state index in [1.54, 1.807) is 0 Å². The molecule has 0 unspecified atom stereocenters. The Morgan fingerprint density at radius 3 is 1.59 bits per heavy atom. The van der Waals surface area contributed by atoms with Crippen molar-refractivity contribution >= 4 is 23.4 Å². The quantitative estimate of drug-likeness (QED) is 0.419. The molecule has 0 N–H and O–H groups in total. The maximum Gasteiger partial charge on any atom is -0.0178 e. The summed E-state index contributed by atoms with van der Waals surface area (Å²) < 4.78 is 0. The van der Waals surface area contributed by atoms with E-state index in [1.165, 1.54) is 27.1 Å². The second kappa shape index (κ2) is 17.1. The van der Waals surface area contributed by atoms with Crippen molar-refractivity contribution in [3.63, 3.8) is 0 Å². The molecule has 0 aromatic heterocycles. The number of benzene rings is 3. The van der Waals surface area contributed by atoms with Crippen molar-refractivity contribution in [1.29, 1.82) is 0 Å². The normalized spacial score (nSPS) is 9.30. The molecule has 0 spiro atoms.